The summed E-state index contributed by atoms with van der Waals surface area (Å²) in [7, 11) is 0. The maximum atomic E-state index is 12.6. The van der Waals surface area contributed by atoms with Crippen molar-refractivity contribution in [2.24, 2.45) is 0 Å². The zero-order valence-electron chi connectivity index (χ0n) is 16.8. The molecule has 3 aromatic carbocycles. The number of carbonyl (C=O) groups excluding carboxylic acids is 1. The van der Waals surface area contributed by atoms with E-state index in [4.69, 9.17) is 9.84 Å². The molecule has 0 aliphatic heterocycles. The maximum absolute atomic E-state index is 12.6. The molecule has 3 rings (SSSR count). The van der Waals surface area contributed by atoms with Gasteiger partial charge in [-0.15, -0.1) is 0 Å². The Bertz CT molecular complexity index is 1260. The summed E-state index contributed by atoms with van der Waals surface area (Å²) in [6, 6.07) is 19.5. The molecule has 3 aromatic rings. The monoisotopic (exact) mass is 776 g/mol. The van der Waals surface area contributed by atoms with Crippen LogP contribution in [0.2, 0.25) is 0 Å². The van der Waals surface area contributed by atoms with Crippen LogP contribution >= 0.6 is 67.8 Å². The highest BCUT2D eigenvalue weighted by Crippen LogP contribution is 2.30. The lowest BCUT2D eigenvalue weighted by atomic mass is 10.1. The van der Waals surface area contributed by atoms with Crippen molar-refractivity contribution < 1.29 is 19.4 Å². The Hall–Kier alpha value is -2.18. The molecule has 0 spiro atoms. The molecule has 1 amide bonds. The molecule has 0 heterocycles. The maximum Gasteiger partial charge on any atom is 0.335 e. The molecule has 166 valence electrons. The van der Waals surface area contributed by atoms with Crippen LogP contribution in [0, 0.1) is 22.0 Å². The molecule has 0 bridgehead atoms. The molecule has 0 saturated carbocycles. The summed E-state index contributed by atoms with van der Waals surface area (Å²) in [6.45, 7) is 0.430. The van der Waals surface area contributed by atoms with E-state index in [-0.39, 0.29) is 11.1 Å². The number of hydrogen-bond donors (Lipinski definition) is 2. The van der Waals surface area contributed by atoms with Crippen LogP contribution in [0.25, 0.3) is 6.08 Å². The predicted molar refractivity (Wildman–Crippen MR) is 151 cm³/mol. The SMILES string of the molecule is N#C/C(=C/c1cc(I)c(OCc2ccc(I)cc2)c(I)c1)C(=O)Nc1cccc(C(=O)O)c1. The number of nitrogens with one attached hydrogen (secondary N) is 1. The molecule has 2 N–H and O–H groups in total. The Morgan fingerprint density at radius 2 is 1.70 bits per heavy atom. The number of aromatic carboxylic acids is 1. The fourth-order valence-corrected chi connectivity index (χ4v) is 5.27. The quantitative estimate of drug-likeness (QED) is 0.166. The number of benzene rings is 3. The molecule has 0 unspecified atom stereocenters. The molecule has 0 atom stereocenters. The number of hydrogen-bond acceptors (Lipinski definition) is 4. The second-order valence-electron chi connectivity index (χ2n) is 6.74. The van der Waals surface area contributed by atoms with Gasteiger partial charge in [0.05, 0.1) is 12.7 Å². The molecule has 0 radical (unpaired) electrons. The van der Waals surface area contributed by atoms with Crippen molar-refractivity contribution in [1.82, 2.24) is 0 Å². The van der Waals surface area contributed by atoms with E-state index in [1.54, 1.807) is 6.07 Å². The minimum absolute atomic E-state index is 0.0419. The van der Waals surface area contributed by atoms with E-state index in [9.17, 15) is 14.9 Å². The van der Waals surface area contributed by atoms with Crippen LogP contribution in [-0.2, 0) is 11.4 Å². The largest absolute Gasteiger partial charge is 0.487 e. The second-order valence-corrected chi connectivity index (χ2v) is 10.3. The molecular formula is C24H15I3N2O4. The lowest BCUT2D eigenvalue weighted by Gasteiger charge is -2.12. The highest BCUT2D eigenvalue weighted by atomic mass is 127. The van der Waals surface area contributed by atoms with Crippen LogP contribution in [0.4, 0.5) is 5.69 Å². The Morgan fingerprint density at radius 1 is 1.03 bits per heavy atom. The van der Waals surface area contributed by atoms with E-state index >= 15 is 0 Å². The molecule has 33 heavy (non-hydrogen) atoms. The zero-order valence-corrected chi connectivity index (χ0v) is 23.3. The Balaban J connectivity index is 1.77. The van der Waals surface area contributed by atoms with Gasteiger partial charge >= 0.3 is 5.97 Å². The Kier molecular flexibility index (Phi) is 9.10. The first-order valence-corrected chi connectivity index (χ1v) is 12.6. The Labute approximate surface area is 231 Å². The molecule has 0 saturated heterocycles. The summed E-state index contributed by atoms with van der Waals surface area (Å²) in [5, 5.41) is 21.2. The normalized spacial score (nSPS) is 10.9. The van der Waals surface area contributed by atoms with Gasteiger partial charge < -0.3 is 15.2 Å². The minimum atomic E-state index is -1.10. The molecule has 0 aliphatic carbocycles. The first-order valence-electron chi connectivity index (χ1n) is 9.39. The van der Waals surface area contributed by atoms with Crippen LogP contribution in [0.15, 0.2) is 66.2 Å². The van der Waals surface area contributed by atoms with Gasteiger partial charge in [-0.25, -0.2) is 4.79 Å². The number of rotatable bonds is 7. The van der Waals surface area contributed by atoms with Crippen LogP contribution in [0.3, 0.4) is 0 Å². The van der Waals surface area contributed by atoms with E-state index in [1.807, 2.05) is 42.5 Å². The van der Waals surface area contributed by atoms with Crippen LogP contribution in [0.5, 0.6) is 5.75 Å². The summed E-state index contributed by atoms with van der Waals surface area (Å²) in [4.78, 5) is 23.7. The molecule has 9 heteroatoms. The number of carboxylic acid groups (broad SMARTS) is 1. The number of ether oxygens (including phenoxy) is 1. The summed E-state index contributed by atoms with van der Waals surface area (Å²) < 4.78 is 8.86. The van der Waals surface area contributed by atoms with Crippen LogP contribution < -0.4 is 10.1 Å². The Morgan fingerprint density at radius 3 is 2.30 bits per heavy atom. The van der Waals surface area contributed by atoms with E-state index < -0.39 is 11.9 Å². The zero-order chi connectivity index (χ0) is 24.0. The number of carbonyl (C=O) groups is 2. The summed E-state index contributed by atoms with van der Waals surface area (Å²) in [5.41, 5.74) is 1.97. The highest BCUT2D eigenvalue weighted by molar-refractivity contribution is 14.1. The number of amides is 1. The number of nitrogens with zero attached hydrogens (tertiary/aromatic N) is 1. The van der Waals surface area contributed by atoms with Crippen LogP contribution in [-0.4, -0.2) is 17.0 Å². The van der Waals surface area contributed by atoms with Gasteiger partial charge in [0.2, 0.25) is 0 Å². The first kappa shape index (κ1) is 25.4. The lowest BCUT2D eigenvalue weighted by Crippen LogP contribution is -2.14. The summed E-state index contributed by atoms with van der Waals surface area (Å²) in [5.74, 6) is -0.986. The van der Waals surface area contributed by atoms with Gasteiger partial charge in [0.1, 0.15) is 24.0 Å². The topological polar surface area (TPSA) is 99.4 Å². The van der Waals surface area contributed by atoms with Crippen molar-refractivity contribution in [3.63, 3.8) is 0 Å². The van der Waals surface area contributed by atoms with Gasteiger partial charge in [0.15, 0.2) is 0 Å². The third-order valence-electron chi connectivity index (χ3n) is 4.36. The van der Waals surface area contributed by atoms with E-state index in [0.717, 1.165) is 22.0 Å². The molecule has 0 aliphatic rings. The van der Waals surface area contributed by atoms with E-state index in [2.05, 4.69) is 73.1 Å². The van der Waals surface area contributed by atoms with E-state index in [0.29, 0.717) is 17.9 Å². The fraction of sp³-hybridized carbons (Fsp3) is 0.0417. The number of carboxylic acids is 1. The second kappa shape index (κ2) is 11.8. The number of halogens is 3. The fourth-order valence-electron chi connectivity index (χ4n) is 2.78. The average molecular weight is 776 g/mol. The minimum Gasteiger partial charge on any atom is -0.487 e. The van der Waals surface area contributed by atoms with Crippen molar-refractivity contribution in [1.29, 1.82) is 5.26 Å². The van der Waals surface area contributed by atoms with Gasteiger partial charge in [0.25, 0.3) is 5.91 Å². The summed E-state index contributed by atoms with van der Waals surface area (Å²) in [6.07, 6.45) is 1.49. The number of nitriles is 1. The first-order chi connectivity index (χ1) is 15.8. The smallest absolute Gasteiger partial charge is 0.335 e. The van der Waals surface area contributed by atoms with Gasteiger partial charge in [-0.1, -0.05) is 18.2 Å². The van der Waals surface area contributed by atoms with Crippen molar-refractivity contribution in [3.05, 3.63) is 93.6 Å². The van der Waals surface area contributed by atoms with E-state index in [1.165, 1.54) is 24.3 Å². The molecule has 6 nitrogen and oxygen atoms in total. The van der Waals surface area contributed by atoms with Crippen molar-refractivity contribution in [2.45, 2.75) is 6.61 Å². The number of anilines is 1. The van der Waals surface area contributed by atoms with Crippen molar-refractivity contribution in [3.8, 4) is 11.8 Å². The third-order valence-corrected chi connectivity index (χ3v) is 6.68. The van der Waals surface area contributed by atoms with Gasteiger partial charge in [-0.05, 0) is 127 Å². The molecular weight excluding hydrogens is 761 g/mol. The predicted octanol–water partition coefficient (Wildman–Crippen LogP) is 6.32. The average Bonchev–Trinajstić information content (AvgIpc) is 2.78. The highest BCUT2D eigenvalue weighted by Gasteiger charge is 2.13. The van der Waals surface area contributed by atoms with Crippen molar-refractivity contribution in [2.75, 3.05) is 5.32 Å². The van der Waals surface area contributed by atoms with Crippen LogP contribution in [0.1, 0.15) is 21.5 Å². The van der Waals surface area contributed by atoms with Gasteiger partial charge in [-0.3, -0.25) is 4.79 Å². The molecule has 0 aromatic heterocycles. The standard InChI is InChI=1S/C24H15I3N2O4/c25-18-6-4-14(5-7-18)13-33-22-20(26)9-15(10-21(22)27)8-17(12-28)23(30)29-19-3-1-2-16(11-19)24(31)32/h1-11H,13H2,(H,29,30)(H,31,32)/b17-8-. The van der Waals surface area contributed by atoms with Gasteiger partial charge in [-0.2, -0.15) is 5.26 Å². The molecule has 0 fully saturated rings. The van der Waals surface area contributed by atoms with Crippen molar-refractivity contribution >= 4 is 91.4 Å². The third kappa shape index (κ3) is 7.15. The van der Waals surface area contributed by atoms with Gasteiger partial charge in [0, 0.05) is 9.26 Å². The lowest BCUT2D eigenvalue weighted by molar-refractivity contribution is -0.112. The summed E-state index contributed by atoms with van der Waals surface area (Å²) >= 11 is 6.58.